The van der Waals surface area contributed by atoms with Gasteiger partial charge in [0.15, 0.2) is 0 Å². The number of hydrogen-bond acceptors (Lipinski definition) is 2. The largest absolute Gasteiger partial charge is 0.253 e. The van der Waals surface area contributed by atoms with E-state index in [2.05, 4.69) is 10.9 Å². The normalized spacial score (nSPS) is 24.0. The minimum Gasteiger partial charge on any atom is -0.253 e. The lowest BCUT2D eigenvalue weighted by atomic mass is 10.5. The van der Waals surface area contributed by atoms with Crippen LogP contribution < -0.4 is 10.9 Å². The van der Waals surface area contributed by atoms with E-state index < -0.39 is 0 Å². The van der Waals surface area contributed by atoms with E-state index in [1.807, 2.05) is 13.1 Å². The second-order valence-corrected chi connectivity index (χ2v) is 0.933. The van der Waals surface area contributed by atoms with Crippen molar-refractivity contribution in [2.45, 2.75) is 6.42 Å². The molecule has 2 radical (unpaired) electrons. The van der Waals surface area contributed by atoms with Gasteiger partial charge in [-0.2, -0.15) is 0 Å². The molecule has 2 nitrogen and oxygen atoms in total. The summed E-state index contributed by atoms with van der Waals surface area (Å²) in [5.74, 6) is 0. The van der Waals surface area contributed by atoms with E-state index in [1.54, 1.807) is 0 Å². The minimum atomic E-state index is 1.03. The predicted molar refractivity (Wildman–Crippen MR) is 19.5 cm³/mol. The molecule has 1 aliphatic heterocycles. The van der Waals surface area contributed by atoms with Crippen LogP contribution in [0.25, 0.3) is 0 Å². The lowest BCUT2D eigenvalue weighted by molar-refractivity contribution is 0.769. The van der Waals surface area contributed by atoms with Crippen molar-refractivity contribution in [2.75, 3.05) is 0 Å². The maximum atomic E-state index is 2.79. The molecular formula is C3H6N2. The molecule has 1 aliphatic rings. The standard InChI is InChI=1S/C3H6N2/c1-2-4-5-3-1/h2-5H,1H2. The summed E-state index contributed by atoms with van der Waals surface area (Å²) in [6.07, 6.45) is 1.03. The van der Waals surface area contributed by atoms with Gasteiger partial charge >= 0.3 is 0 Å². The van der Waals surface area contributed by atoms with Gasteiger partial charge in [0, 0.05) is 13.1 Å². The Morgan fingerprint density at radius 2 is 1.80 bits per heavy atom. The number of nitrogens with one attached hydrogen (secondary N) is 2. The van der Waals surface area contributed by atoms with Crippen LogP contribution in [0.4, 0.5) is 0 Å². The molecule has 0 aromatic carbocycles. The zero-order valence-corrected chi connectivity index (χ0v) is 2.86. The third-order valence-electron chi connectivity index (χ3n) is 0.523. The first-order valence-electron chi connectivity index (χ1n) is 1.64. The SMILES string of the molecule is [CH]1C[CH]NN1. The predicted octanol–water partition coefficient (Wildman–Crippen LogP) is -0.192. The summed E-state index contributed by atoms with van der Waals surface area (Å²) in [4.78, 5) is 0. The lowest BCUT2D eigenvalue weighted by Crippen LogP contribution is -2.16. The second-order valence-electron chi connectivity index (χ2n) is 0.933. The summed E-state index contributed by atoms with van der Waals surface area (Å²) in [5.41, 5.74) is 5.58. The van der Waals surface area contributed by atoms with Crippen LogP contribution in [0.15, 0.2) is 0 Å². The molecule has 0 amide bonds. The van der Waals surface area contributed by atoms with E-state index in [0.717, 1.165) is 6.42 Å². The van der Waals surface area contributed by atoms with Gasteiger partial charge in [0.25, 0.3) is 0 Å². The molecule has 28 valence electrons. The highest BCUT2D eigenvalue weighted by molar-refractivity contribution is 4.76. The van der Waals surface area contributed by atoms with Crippen LogP contribution in [-0.4, -0.2) is 0 Å². The fourth-order valence-electron chi connectivity index (χ4n) is 0.295. The van der Waals surface area contributed by atoms with Gasteiger partial charge in [0.2, 0.25) is 0 Å². The smallest absolute Gasteiger partial charge is 0.0396 e. The number of rotatable bonds is 0. The Morgan fingerprint density at radius 3 is 2.00 bits per heavy atom. The van der Waals surface area contributed by atoms with Gasteiger partial charge in [-0.05, 0) is 6.42 Å². The first kappa shape index (κ1) is 3.12. The van der Waals surface area contributed by atoms with Crippen molar-refractivity contribution in [3.8, 4) is 0 Å². The molecule has 0 aromatic rings. The molecule has 2 N–H and O–H groups in total. The Labute approximate surface area is 31.5 Å². The van der Waals surface area contributed by atoms with Crippen molar-refractivity contribution < 1.29 is 0 Å². The van der Waals surface area contributed by atoms with E-state index >= 15 is 0 Å². The minimum absolute atomic E-state index is 1.03. The Balaban J connectivity index is 2.08. The number of hydrazine groups is 1. The molecule has 1 rings (SSSR count). The van der Waals surface area contributed by atoms with Crippen LogP contribution >= 0.6 is 0 Å². The third-order valence-corrected chi connectivity index (χ3v) is 0.523. The zero-order valence-electron chi connectivity index (χ0n) is 2.86. The molecule has 0 spiro atoms. The zero-order chi connectivity index (χ0) is 3.54. The Kier molecular flexibility index (Phi) is 0.862. The van der Waals surface area contributed by atoms with E-state index in [0.29, 0.717) is 0 Å². The van der Waals surface area contributed by atoms with Gasteiger partial charge in [-0.25, -0.2) is 0 Å². The quantitative estimate of drug-likeness (QED) is 0.412. The molecule has 1 heterocycles. The average Bonchev–Trinajstić information content (AvgIpc) is 1.76. The van der Waals surface area contributed by atoms with Crippen molar-refractivity contribution in [3.05, 3.63) is 13.1 Å². The van der Waals surface area contributed by atoms with Crippen LogP contribution in [0, 0.1) is 13.1 Å². The summed E-state index contributed by atoms with van der Waals surface area (Å²) >= 11 is 0. The van der Waals surface area contributed by atoms with Crippen LogP contribution in [0.3, 0.4) is 0 Å². The third kappa shape index (κ3) is 0.597. The molecule has 5 heavy (non-hydrogen) atoms. The van der Waals surface area contributed by atoms with Gasteiger partial charge in [-0.1, -0.05) is 0 Å². The summed E-state index contributed by atoms with van der Waals surface area (Å²) < 4.78 is 0. The summed E-state index contributed by atoms with van der Waals surface area (Å²) in [6.45, 7) is 3.89. The van der Waals surface area contributed by atoms with Crippen molar-refractivity contribution in [3.63, 3.8) is 0 Å². The summed E-state index contributed by atoms with van der Waals surface area (Å²) in [7, 11) is 0. The molecular weight excluding hydrogens is 64.0 g/mol. The molecule has 0 aromatic heterocycles. The van der Waals surface area contributed by atoms with Gasteiger partial charge in [-0.15, -0.1) is 0 Å². The first-order chi connectivity index (χ1) is 2.50. The maximum Gasteiger partial charge on any atom is 0.0396 e. The fourth-order valence-corrected chi connectivity index (χ4v) is 0.295. The highest BCUT2D eigenvalue weighted by atomic mass is 15.4. The van der Waals surface area contributed by atoms with Gasteiger partial charge in [0.1, 0.15) is 0 Å². The van der Waals surface area contributed by atoms with E-state index in [4.69, 9.17) is 0 Å². The Morgan fingerprint density at radius 1 is 1.20 bits per heavy atom. The second kappa shape index (κ2) is 1.38. The van der Waals surface area contributed by atoms with Crippen LogP contribution in [-0.2, 0) is 0 Å². The van der Waals surface area contributed by atoms with E-state index in [-0.39, 0.29) is 0 Å². The molecule has 0 bridgehead atoms. The Bertz CT molecular complexity index is 16.5. The van der Waals surface area contributed by atoms with Gasteiger partial charge in [0.05, 0.1) is 0 Å². The fraction of sp³-hybridized carbons (Fsp3) is 0.333. The van der Waals surface area contributed by atoms with Crippen LogP contribution in [0.1, 0.15) is 6.42 Å². The summed E-state index contributed by atoms with van der Waals surface area (Å²) in [5, 5.41) is 0. The molecule has 0 unspecified atom stereocenters. The van der Waals surface area contributed by atoms with E-state index in [9.17, 15) is 0 Å². The van der Waals surface area contributed by atoms with Crippen LogP contribution in [0.5, 0.6) is 0 Å². The lowest BCUT2D eigenvalue weighted by Gasteiger charge is -1.80. The molecule has 0 atom stereocenters. The van der Waals surface area contributed by atoms with Crippen LogP contribution in [0.2, 0.25) is 0 Å². The first-order valence-corrected chi connectivity index (χ1v) is 1.64. The van der Waals surface area contributed by atoms with Crippen molar-refractivity contribution in [1.82, 2.24) is 10.9 Å². The highest BCUT2D eigenvalue weighted by Gasteiger charge is 1.92. The molecule has 0 aliphatic carbocycles. The van der Waals surface area contributed by atoms with Gasteiger partial charge < -0.3 is 0 Å². The Hall–Kier alpha value is -0.0800. The van der Waals surface area contributed by atoms with E-state index in [1.165, 1.54) is 0 Å². The average molecular weight is 70.1 g/mol. The molecule has 1 saturated heterocycles. The monoisotopic (exact) mass is 70.1 g/mol. The molecule has 1 fully saturated rings. The number of hydrogen-bond donors (Lipinski definition) is 2. The maximum absolute atomic E-state index is 2.79. The van der Waals surface area contributed by atoms with Gasteiger partial charge in [-0.3, -0.25) is 10.9 Å². The van der Waals surface area contributed by atoms with Crippen molar-refractivity contribution >= 4 is 0 Å². The molecule has 2 heteroatoms. The van der Waals surface area contributed by atoms with Crippen molar-refractivity contribution in [2.24, 2.45) is 0 Å². The topological polar surface area (TPSA) is 24.1 Å². The highest BCUT2D eigenvalue weighted by Crippen LogP contribution is 1.87. The summed E-state index contributed by atoms with van der Waals surface area (Å²) in [6, 6.07) is 0. The molecule has 0 saturated carbocycles. The van der Waals surface area contributed by atoms with Crippen molar-refractivity contribution in [1.29, 1.82) is 0 Å².